The summed E-state index contributed by atoms with van der Waals surface area (Å²) in [5, 5.41) is 6.22. The first-order valence-corrected chi connectivity index (χ1v) is 10.9. The number of methoxy groups -OCH3 is 1. The molecule has 4 rings (SSSR count). The number of pyridine rings is 2. The zero-order valence-electron chi connectivity index (χ0n) is 17.7. The Balaban J connectivity index is 1.67. The van der Waals surface area contributed by atoms with Crippen LogP contribution in [-0.2, 0) is 0 Å². The predicted octanol–water partition coefficient (Wildman–Crippen LogP) is 3.85. The molecule has 3 N–H and O–H groups in total. The third-order valence-electron chi connectivity index (χ3n) is 5.58. The SMILES string of the molecule is COc1ccc(Cl)c(-c2cc3cnc(N)cc3c(NCCN3CCN(C)CC3)n2)c1Cl. The molecule has 0 bridgehead atoms. The van der Waals surface area contributed by atoms with E-state index in [4.69, 9.17) is 38.7 Å². The minimum atomic E-state index is 0.425. The molecule has 9 heteroatoms. The lowest BCUT2D eigenvalue weighted by Gasteiger charge is -2.32. The Morgan fingerprint density at radius 3 is 2.68 bits per heavy atom. The molecule has 7 nitrogen and oxygen atoms in total. The molecule has 0 unspecified atom stereocenters. The van der Waals surface area contributed by atoms with E-state index in [1.54, 1.807) is 25.4 Å². The third kappa shape index (κ3) is 4.80. The molecule has 0 radical (unpaired) electrons. The fraction of sp³-hybridized carbons (Fsp3) is 0.364. The summed E-state index contributed by atoms with van der Waals surface area (Å²) in [5.41, 5.74) is 7.22. The number of anilines is 2. The van der Waals surface area contributed by atoms with E-state index < -0.39 is 0 Å². The molecule has 1 aliphatic heterocycles. The van der Waals surface area contributed by atoms with Gasteiger partial charge < -0.3 is 20.7 Å². The summed E-state index contributed by atoms with van der Waals surface area (Å²) in [6.07, 6.45) is 1.74. The zero-order valence-corrected chi connectivity index (χ0v) is 19.2. The van der Waals surface area contributed by atoms with Crippen LogP contribution < -0.4 is 15.8 Å². The summed E-state index contributed by atoms with van der Waals surface area (Å²) in [6, 6.07) is 7.25. The molecule has 1 aliphatic rings. The van der Waals surface area contributed by atoms with E-state index in [0.29, 0.717) is 32.9 Å². The molecular formula is C22H26Cl2N6O. The van der Waals surface area contributed by atoms with E-state index in [2.05, 4.69) is 27.1 Å². The molecule has 1 aromatic carbocycles. The van der Waals surface area contributed by atoms with Crippen LogP contribution in [0.25, 0.3) is 22.0 Å². The van der Waals surface area contributed by atoms with Crippen molar-refractivity contribution in [2.75, 3.05) is 64.5 Å². The van der Waals surface area contributed by atoms with Crippen molar-refractivity contribution in [1.82, 2.24) is 19.8 Å². The molecule has 0 saturated carbocycles. The van der Waals surface area contributed by atoms with Crippen molar-refractivity contribution in [1.29, 1.82) is 0 Å². The molecule has 0 aliphatic carbocycles. The normalized spacial score (nSPS) is 15.4. The monoisotopic (exact) mass is 460 g/mol. The first kappa shape index (κ1) is 21.9. The van der Waals surface area contributed by atoms with Gasteiger partial charge in [0.25, 0.3) is 0 Å². The molecule has 2 aromatic heterocycles. The van der Waals surface area contributed by atoms with Crippen LogP contribution in [0.3, 0.4) is 0 Å². The molecule has 3 heterocycles. The van der Waals surface area contributed by atoms with Crippen molar-refractivity contribution in [3.05, 3.63) is 40.5 Å². The van der Waals surface area contributed by atoms with E-state index in [1.807, 2.05) is 12.1 Å². The van der Waals surface area contributed by atoms with Gasteiger partial charge in [-0.25, -0.2) is 9.97 Å². The molecule has 0 spiro atoms. The number of rotatable bonds is 6. The Kier molecular flexibility index (Phi) is 6.67. The highest BCUT2D eigenvalue weighted by atomic mass is 35.5. The Bertz CT molecular complexity index is 1090. The summed E-state index contributed by atoms with van der Waals surface area (Å²) in [5.74, 6) is 1.72. The van der Waals surface area contributed by atoms with E-state index in [1.165, 1.54) is 0 Å². The van der Waals surface area contributed by atoms with Gasteiger partial charge in [-0.3, -0.25) is 4.90 Å². The molecule has 164 valence electrons. The van der Waals surface area contributed by atoms with Gasteiger partial charge in [-0.05, 0) is 31.3 Å². The lowest BCUT2D eigenvalue weighted by molar-refractivity contribution is 0.158. The lowest BCUT2D eigenvalue weighted by Crippen LogP contribution is -2.45. The lowest BCUT2D eigenvalue weighted by atomic mass is 10.1. The number of fused-ring (bicyclic) bond motifs is 1. The van der Waals surface area contributed by atoms with Gasteiger partial charge >= 0.3 is 0 Å². The van der Waals surface area contributed by atoms with Crippen molar-refractivity contribution < 1.29 is 4.74 Å². The highest BCUT2D eigenvalue weighted by Crippen LogP contribution is 2.41. The number of likely N-dealkylation sites (N-methyl/N-ethyl adjacent to an activating group) is 1. The minimum Gasteiger partial charge on any atom is -0.495 e. The number of hydrogen-bond donors (Lipinski definition) is 2. The number of nitrogen functional groups attached to an aromatic ring is 1. The van der Waals surface area contributed by atoms with Gasteiger partial charge in [0.2, 0.25) is 0 Å². The Labute approximate surface area is 192 Å². The highest BCUT2D eigenvalue weighted by molar-refractivity contribution is 6.40. The standard InChI is InChI=1S/C22H26Cl2N6O/c1-29-7-9-30(10-8-29)6-5-26-22-15-12-19(25)27-13-14(15)11-17(28-22)20-16(23)3-4-18(31-2)21(20)24/h3-4,11-13H,5-10H2,1-2H3,(H2,25,27)(H,26,28). The number of ether oxygens (including phenoxy) is 1. The second-order valence-electron chi connectivity index (χ2n) is 7.70. The van der Waals surface area contributed by atoms with Crippen molar-refractivity contribution in [2.45, 2.75) is 0 Å². The zero-order chi connectivity index (χ0) is 22.0. The van der Waals surface area contributed by atoms with Crippen molar-refractivity contribution >= 4 is 45.6 Å². The number of benzene rings is 1. The smallest absolute Gasteiger partial charge is 0.138 e. The average Bonchev–Trinajstić information content (AvgIpc) is 2.75. The highest BCUT2D eigenvalue weighted by Gasteiger charge is 2.18. The van der Waals surface area contributed by atoms with E-state index >= 15 is 0 Å². The summed E-state index contributed by atoms with van der Waals surface area (Å²) >= 11 is 13.1. The van der Waals surface area contributed by atoms with Gasteiger partial charge in [0.15, 0.2) is 0 Å². The maximum Gasteiger partial charge on any atom is 0.138 e. The topological polar surface area (TPSA) is 79.5 Å². The summed E-state index contributed by atoms with van der Waals surface area (Å²) < 4.78 is 5.36. The third-order valence-corrected chi connectivity index (χ3v) is 6.27. The first-order chi connectivity index (χ1) is 15.0. The quantitative estimate of drug-likeness (QED) is 0.577. The van der Waals surface area contributed by atoms with Crippen molar-refractivity contribution in [3.63, 3.8) is 0 Å². The maximum absolute atomic E-state index is 6.58. The largest absolute Gasteiger partial charge is 0.495 e. The number of nitrogens with one attached hydrogen (secondary N) is 1. The average molecular weight is 461 g/mol. The van der Waals surface area contributed by atoms with Crippen LogP contribution >= 0.6 is 23.2 Å². The molecule has 1 saturated heterocycles. The number of hydrogen-bond acceptors (Lipinski definition) is 7. The van der Waals surface area contributed by atoms with E-state index in [9.17, 15) is 0 Å². The molecule has 31 heavy (non-hydrogen) atoms. The van der Waals surface area contributed by atoms with Gasteiger partial charge in [-0.15, -0.1) is 0 Å². The van der Waals surface area contributed by atoms with Crippen LogP contribution in [0.15, 0.2) is 30.5 Å². The van der Waals surface area contributed by atoms with Gasteiger partial charge in [0, 0.05) is 61.8 Å². The number of nitrogens with zero attached hydrogens (tertiary/aromatic N) is 4. The Morgan fingerprint density at radius 1 is 1.16 bits per heavy atom. The van der Waals surface area contributed by atoms with E-state index in [-0.39, 0.29) is 0 Å². The van der Waals surface area contributed by atoms with Crippen LogP contribution in [0, 0.1) is 0 Å². The first-order valence-electron chi connectivity index (χ1n) is 10.2. The number of nitrogens with two attached hydrogens (primary N) is 1. The molecule has 0 amide bonds. The van der Waals surface area contributed by atoms with Gasteiger partial charge in [0.05, 0.1) is 22.8 Å². The van der Waals surface area contributed by atoms with Gasteiger partial charge in [-0.2, -0.15) is 0 Å². The number of aromatic nitrogens is 2. The van der Waals surface area contributed by atoms with Crippen LogP contribution in [0.2, 0.25) is 10.0 Å². The van der Waals surface area contributed by atoms with Crippen LogP contribution in [0.1, 0.15) is 0 Å². The van der Waals surface area contributed by atoms with Crippen LogP contribution in [0.4, 0.5) is 11.6 Å². The molecular weight excluding hydrogens is 435 g/mol. The van der Waals surface area contributed by atoms with Crippen LogP contribution in [-0.4, -0.2) is 73.2 Å². The van der Waals surface area contributed by atoms with Crippen LogP contribution in [0.5, 0.6) is 5.75 Å². The Hall–Kier alpha value is -2.32. The minimum absolute atomic E-state index is 0.425. The second kappa shape index (κ2) is 9.44. The van der Waals surface area contributed by atoms with Gasteiger partial charge in [0.1, 0.15) is 17.4 Å². The fourth-order valence-corrected chi connectivity index (χ4v) is 4.40. The number of piperazine rings is 1. The predicted molar refractivity (Wildman–Crippen MR) is 128 cm³/mol. The Morgan fingerprint density at radius 2 is 1.94 bits per heavy atom. The summed E-state index contributed by atoms with van der Waals surface area (Å²) in [7, 11) is 3.73. The van der Waals surface area contributed by atoms with Crippen molar-refractivity contribution in [3.8, 4) is 17.0 Å². The summed E-state index contributed by atoms with van der Waals surface area (Å²) in [6.45, 7) is 6.01. The maximum atomic E-state index is 6.58. The van der Waals surface area contributed by atoms with Crippen molar-refractivity contribution in [2.24, 2.45) is 0 Å². The van der Waals surface area contributed by atoms with Gasteiger partial charge in [-0.1, -0.05) is 23.2 Å². The number of halogens is 2. The molecule has 0 atom stereocenters. The summed E-state index contributed by atoms with van der Waals surface area (Å²) in [4.78, 5) is 13.9. The fourth-order valence-electron chi connectivity index (χ4n) is 3.75. The second-order valence-corrected chi connectivity index (χ2v) is 8.48. The molecule has 1 fully saturated rings. The van der Waals surface area contributed by atoms with E-state index in [0.717, 1.165) is 55.9 Å². The molecule has 3 aromatic rings.